The van der Waals surface area contributed by atoms with E-state index in [2.05, 4.69) is 0 Å². The highest BCUT2D eigenvalue weighted by molar-refractivity contribution is 7.18. The number of nitrogens with two attached hydrogens (primary N) is 1. The Balaban J connectivity index is 2.81. The van der Waals surface area contributed by atoms with Crippen LogP contribution in [0.1, 0.15) is 0 Å². The van der Waals surface area contributed by atoms with Gasteiger partial charge in [-0.05, 0) is 0 Å². The predicted octanol–water partition coefficient (Wildman–Crippen LogP) is 0.0463. The first-order valence-corrected chi connectivity index (χ1v) is 4.88. The van der Waals surface area contributed by atoms with E-state index in [-0.39, 0.29) is 4.90 Å². The zero-order chi connectivity index (χ0) is 12.6. The van der Waals surface area contributed by atoms with Crippen LogP contribution in [0, 0.1) is 0 Å². The molecule has 2 unspecified atom stereocenters. The summed E-state index contributed by atoms with van der Waals surface area (Å²) in [5.74, 6) is -5.69. The minimum atomic E-state index is -3.91. The molecule has 1 aliphatic heterocycles. The number of hydrogen-bond acceptors (Lipinski definition) is 3. The van der Waals surface area contributed by atoms with Gasteiger partial charge in [-0.15, -0.1) is 0 Å². The second-order valence-electron chi connectivity index (χ2n) is 3.37. The van der Waals surface area contributed by atoms with E-state index in [0.29, 0.717) is 0 Å². The van der Waals surface area contributed by atoms with Crippen molar-refractivity contribution in [1.29, 1.82) is 0 Å². The number of alkyl halides is 3. The quantitative estimate of drug-likeness (QED) is 0.569. The van der Waals surface area contributed by atoms with Gasteiger partial charge in [0.1, 0.15) is 0 Å². The van der Waals surface area contributed by atoms with Gasteiger partial charge in [0.25, 0.3) is 11.8 Å². The van der Waals surface area contributed by atoms with Crippen LogP contribution in [-0.4, -0.2) is 41.1 Å². The van der Waals surface area contributed by atoms with Crippen molar-refractivity contribution in [3.8, 4) is 0 Å². The molecule has 0 aliphatic carbocycles. The third-order valence-electron chi connectivity index (χ3n) is 2.16. The summed E-state index contributed by atoms with van der Waals surface area (Å²) in [7, 11) is 1.30. The molecule has 1 rings (SSSR count). The van der Waals surface area contributed by atoms with Gasteiger partial charge in [-0.1, -0.05) is 9.24 Å². The molecule has 0 spiro atoms. The molecular weight excluding hydrogens is 244 g/mol. The van der Waals surface area contributed by atoms with Crippen LogP contribution in [0.15, 0.2) is 12.2 Å². The second-order valence-corrected chi connectivity index (χ2v) is 4.28. The summed E-state index contributed by atoms with van der Waals surface area (Å²) >= 11 is 0. The summed E-state index contributed by atoms with van der Waals surface area (Å²) < 4.78 is 40.0. The average Bonchev–Trinajstić information content (AvgIpc) is 2.49. The lowest BCUT2D eigenvalue weighted by molar-refractivity contribution is -0.150. The van der Waals surface area contributed by atoms with E-state index in [9.17, 15) is 22.8 Å². The van der Waals surface area contributed by atoms with E-state index in [0.717, 1.165) is 12.2 Å². The smallest absolute Gasteiger partial charge is 0.303 e. The molecule has 2 atom stereocenters. The zero-order valence-electron chi connectivity index (χ0n) is 8.12. The highest BCUT2D eigenvalue weighted by Gasteiger charge is 2.53. The van der Waals surface area contributed by atoms with Crippen LogP contribution in [-0.2, 0) is 9.59 Å². The summed E-state index contributed by atoms with van der Waals surface area (Å²) in [6.45, 7) is -2.26. The largest absolute Gasteiger partial charge is 0.327 e. The Morgan fingerprint density at radius 3 is 2.06 bits per heavy atom. The predicted molar refractivity (Wildman–Crippen MR) is 53.4 cm³/mol. The van der Waals surface area contributed by atoms with Gasteiger partial charge in [0, 0.05) is 18.7 Å². The Morgan fingerprint density at radius 1 is 1.25 bits per heavy atom. The number of carbonyl (C=O) groups excluding carboxylic acids is 2. The number of nitrogens with zero attached hydrogens (tertiary/aromatic N) is 1. The van der Waals surface area contributed by atoms with Crippen LogP contribution >= 0.6 is 9.24 Å². The van der Waals surface area contributed by atoms with E-state index in [1.807, 2.05) is 0 Å². The standard InChI is InChI=1S/C8H10F3N2O2P/c9-7(10,8(11,16)3-12)4-13-5(14)1-2-6(13)15/h1-2H,3-4,12,16H2. The molecule has 0 radical (unpaired) electrons. The molecule has 8 heteroatoms. The average molecular weight is 254 g/mol. The molecule has 0 saturated carbocycles. The second kappa shape index (κ2) is 4.14. The Morgan fingerprint density at radius 2 is 1.69 bits per heavy atom. The van der Waals surface area contributed by atoms with Gasteiger partial charge in [-0.3, -0.25) is 14.5 Å². The van der Waals surface area contributed by atoms with Gasteiger partial charge in [0.05, 0.1) is 6.54 Å². The van der Waals surface area contributed by atoms with Gasteiger partial charge in [0.15, 0.2) is 5.41 Å². The molecular formula is C8H10F3N2O2P. The maximum Gasteiger partial charge on any atom is 0.303 e. The van der Waals surface area contributed by atoms with Gasteiger partial charge in [-0.25, -0.2) is 13.2 Å². The van der Waals surface area contributed by atoms with Crippen molar-refractivity contribution in [1.82, 2.24) is 4.90 Å². The third-order valence-corrected chi connectivity index (χ3v) is 2.82. The summed E-state index contributed by atoms with van der Waals surface area (Å²) in [6.07, 6.45) is 1.70. The number of halogens is 3. The minimum absolute atomic E-state index is 0.272. The maximum atomic E-state index is 13.4. The van der Waals surface area contributed by atoms with Crippen molar-refractivity contribution in [3.05, 3.63) is 12.2 Å². The Hall–Kier alpha value is -0.940. The normalized spacial score (nSPS) is 20.4. The fourth-order valence-corrected chi connectivity index (χ4v) is 1.16. The topological polar surface area (TPSA) is 63.4 Å². The zero-order valence-corrected chi connectivity index (χ0v) is 9.28. The molecule has 0 bridgehead atoms. The summed E-state index contributed by atoms with van der Waals surface area (Å²) in [5, 5.41) is -3.05. The van der Waals surface area contributed by atoms with Gasteiger partial charge in [0.2, 0.25) is 0 Å². The summed E-state index contributed by atoms with van der Waals surface area (Å²) in [4.78, 5) is 22.3. The fourth-order valence-electron chi connectivity index (χ4n) is 1.07. The minimum Gasteiger partial charge on any atom is -0.327 e. The maximum absolute atomic E-state index is 13.4. The van der Waals surface area contributed by atoms with Gasteiger partial charge in [-0.2, -0.15) is 0 Å². The van der Waals surface area contributed by atoms with Crippen molar-refractivity contribution >= 4 is 21.1 Å². The third kappa shape index (κ3) is 2.25. The van der Waals surface area contributed by atoms with Crippen LogP contribution < -0.4 is 5.73 Å². The van der Waals surface area contributed by atoms with Gasteiger partial charge < -0.3 is 5.73 Å². The molecule has 1 heterocycles. The Kier molecular flexibility index (Phi) is 3.40. The molecule has 0 saturated heterocycles. The molecule has 0 aromatic heterocycles. The van der Waals surface area contributed by atoms with Crippen molar-refractivity contribution in [2.24, 2.45) is 5.73 Å². The van der Waals surface area contributed by atoms with Crippen LogP contribution in [0.5, 0.6) is 0 Å². The molecule has 0 aromatic carbocycles. The monoisotopic (exact) mass is 254 g/mol. The fraction of sp³-hybridized carbons (Fsp3) is 0.500. The lowest BCUT2D eigenvalue weighted by Gasteiger charge is -2.31. The summed E-state index contributed by atoms with van der Waals surface area (Å²) in [6, 6.07) is 0. The number of amides is 2. The van der Waals surface area contributed by atoms with E-state index in [1.54, 1.807) is 0 Å². The first-order valence-electron chi connectivity index (χ1n) is 4.30. The van der Waals surface area contributed by atoms with E-state index < -0.39 is 36.2 Å². The lowest BCUT2D eigenvalue weighted by Crippen LogP contribution is -2.53. The SMILES string of the molecule is NCC(F)(P)C(F)(F)CN1C(=O)C=CC1=O. The molecule has 2 N–H and O–H groups in total. The van der Waals surface area contributed by atoms with E-state index in [1.165, 1.54) is 9.24 Å². The van der Waals surface area contributed by atoms with E-state index >= 15 is 0 Å². The van der Waals surface area contributed by atoms with Crippen LogP contribution in [0.4, 0.5) is 13.2 Å². The molecule has 2 amide bonds. The van der Waals surface area contributed by atoms with Crippen molar-refractivity contribution in [2.45, 2.75) is 11.3 Å². The Bertz CT molecular complexity index is 339. The van der Waals surface area contributed by atoms with Crippen LogP contribution in [0.3, 0.4) is 0 Å². The molecule has 16 heavy (non-hydrogen) atoms. The number of carbonyl (C=O) groups is 2. The number of imide groups is 1. The van der Waals surface area contributed by atoms with Crippen LogP contribution in [0.25, 0.3) is 0 Å². The van der Waals surface area contributed by atoms with Crippen molar-refractivity contribution in [2.75, 3.05) is 13.1 Å². The molecule has 90 valence electrons. The van der Waals surface area contributed by atoms with Gasteiger partial charge >= 0.3 is 5.92 Å². The van der Waals surface area contributed by atoms with E-state index in [4.69, 9.17) is 5.73 Å². The summed E-state index contributed by atoms with van der Waals surface area (Å²) in [5.41, 5.74) is 4.86. The van der Waals surface area contributed by atoms with Crippen molar-refractivity contribution < 1.29 is 22.8 Å². The first-order chi connectivity index (χ1) is 7.21. The highest BCUT2D eigenvalue weighted by atomic mass is 31.0. The molecule has 4 nitrogen and oxygen atoms in total. The molecule has 0 fully saturated rings. The highest BCUT2D eigenvalue weighted by Crippen LogP contribution is 2.38. The molecule has 1 aliphatic rings. The van der Waals surface area contributed by atoms with Crippen LogP contribution in [0.2, 0.25) is 0 Å². The first kappa shape index (κ1) is 13.1. The Labute approximate surface area is 91.8 Å². The number of rotatable bonds is 4. The molecule has 0 aromatic rings. The van der Waals surface area contributed by atoms with Crippen molar-refractivity contribution in [3.63, 3.8) is 0 Å². The number of hydrogen-bond donors (Lipinski definition) is 1. The lowest BCUT2D eigenvalue weighted by atomic mass is 10.2.